The highest BCUT2D eigenvalue weighted by Gasteiger charge is 2.50. The summed E-state index contributed by atoms with van der Waals surface area (Å²) in [5.41, 5.74) is 26.2. The molecule has 4 aliphatic rings. The Balaban J connectivity index is 0.986. The average molecular weight is 932 g/mol. The highest BCUT2D eigenvalue weighted by Crippen LogP contribution is 2.63. The van der Waals surface area contributed by atoms with Gasteiger partial charge in [-0.1, -0.05) is 184 Å². The number of hydrogen-bond acceptors (Lipinski definition) is 3. The van der Waals surface area contributed by atoms with Crippen molar-refractivity contribution in [1.29, 1.82) is 0 Å². The van der Waals surface area contributed by atoms with Crippen LogP contribution in [0.15, 0.2) is 241 Å². The molecule has 0 fully saturated rings. The molecule has 0 radical (unpaired) electrons. The van der Waals surface area contributed by atoms with E-state index >= 15 is 0 Å². The molecule has 1 aliphatic heterocycles. The van der Waals surface area contributed by atoms with E-state index in [0.29, 0.717) is 0 Å². The van der Waals surface area contributed by atoms with Crippen molar-refractivity contribution in [2.24, 2.45) is 0 Å². The van der Waals surface area contributed by atoms with Crippen LogP contribution in [0.1, 0.15) is 47.2 Å². The molecule has 2 heterocycles. The molecule has 0 N–H and O–H groups in total. The summed E-state index contributed by atoms with van der Waals surface area (Å²) in [4.78, 5) is 2.48. The number of furan rings is 1. The lowest BCUT2D eigenvalue weighted by molar-refractivity contribution is 0.488. The number of para-hydroxylation sites is 2. The van der Waals surface area contributed by atoms with Gasteiger partial charge in [0.1, 0.15) is 22.7 Å². The number of fused-ring (bicyclic) bond motifs is 23. The zero-order chi connectivity index (χ0) is 48.2. The fourth-order valence-corrected chi connectivity index (χ4v) is 13.5. The first-order chi connectivity index (χ1) is 35.9. The van der Waals surface area contributed by atoms with Crippen molar-refractivity contribution < 1.29 is 9.15 Å². The van der Waals surface area contributed by atoms with Gasteiger partial charge in [0.05, 0.1) is 5.41 Å². The summed E-state index contributed by atoms with van der Waals surface area (Å²) < 4.78 is 13.5. The molecular weight excluding hydrogens is 887 g/mol. The van der Waals surface area contributed by atoms with Crippen LogP contribution in [0.25, 0.3) is 88.7 Å². The Morgan fingerprint density at radius 1 is 0.288 bits per heavy atom. The van der Waals surface area contributed by atoms with E-state index in [-0.39, 0.29) is 5.41 Å². The van der Waals surface area contributed by atoms with Crippen LogP contribution in [-0.2, 0) is 10.8 Å². The molecule has 3 heteroatoms. The molecule has 11 aromatic carbocycles. The Hall–Kier alpha value is -9.18. The van der Waals surface area contributed by atoms with Gasteiger partial charge in [-0.05, 0) is 156 Å². The smallest absolute Gasteiger partial charge is 0.136 e. The van der Waals surface area contributed by atoms with Gasteiger partial charge in [-0.25, -0.2) is 0 Å². The van der Waals surface area contributed by atoms with E-state index in [1.54, 1.807) is 0 Å². The normalized spacial score (nSPS) is 15.5. The van der Waals surface area contributed by atoms with Gasteiger partial charge in [0.2, 0.25) is 0 Å². The second kappa shape index (κ2) is 14.7. The maximum Gasteiger partial charge on any atom is 0.136 e. The molecule has 1 unspecified atom stereocenters. The third kappa shape index (κ3) is 5.43. The molecule has 1 aromatic heterocycles. The van der Waals surface area contributed by atoms with Crippen molar-refractivity contribution in [3.05, 3.63) is 270 Å². The van der Waals surface area contributed by atoms with Crippen molar-refractivity contribution >= 4 is 39.0 Å². The quantitative estimate of drug-likeness (QED) is 0.177. The Labute approximate surface area is 423 Å². The second-order valence-electron chi connectivity index (χ2n) is 20.7. The number of rotatable bonds is 3. The molecule has 73 heavy (non-hydrogen) atoms. The first kappa shape index (κ1) is 40.5. The molecule has 0 saturated carbocycles. The molecule has 1 spiro atoms. The first-order valence-electron chi connectivity index (χ1n) is 25.4. The van der Waals surface area contributed by atoms with Crippen LogP contribution in [0.3, 0.4) is 0 Å². The number of hydrogen-bond donors (Lipinski definition) is 0. The zero-order valence-electron chi connectivity index (χ0n) is 40.3. The highest BCUT2D eigenvalue weighted by molar-refractivity contribution is 6.09. The molecule has 3 aliphatic carbocycles. The van der Waals surface area contributed by atoms with Crippen LogP contribution in [-0.4, -0.2) is 0 Å². The van der Waals surface area contributed by atoms with Crippen LogP contribution in [0.4, 0.5) is 17.1 Å². The molecular formula is C70H45NO2. The van der Waals surface area contributed by atoms with Crippen molar-refractivity contribution in [1.82, 2.24) is 0 Å². The molecule has 0 amide bonds. The monoisotopic (exact) mass is 931 g/mol. The molecule has 12 aromatic rings. The van der Waals surface area contributed by atoms with Gasteiger partial charge in [0.25, 0.3) is 0 Å². The van der Waals surface area contributed by atoms with Crippen LogP contribution >= 0.6 is 0 Å². The lowest BCUT2D eigenvalue weighted by Gasteiger charge is -2.36. The van der Waals surface area contributed by atoms with Crippen LogP contribution in [0.2, 0.25) is 0 Å². The fourth-order valence-electron chi connectivity index (χ4n) is 13.5. The number of benzene rings is 11. The predicted octanol–water partition coefficient (Wildman–Crippen LogP) is 18.8. The largest absolute Gasteiger partial charge is 0.456 e. The van der Waals surface area contributed by atoms with Crippen molar-refractivity contribution in [3.8, 4) is 78.3 Å². The highest BCUT2D eigenvalue weighted by atomic mass is 16.5. The Morgan fingerprint density at radius 3 is 1.49 bits per heavy atom. The second-order valence-corrected chi connectivity index (χ2v) is 20.7. The molecule has 16 rings (SSSR count). The SMILES string of the molecule is CC1(C)c2ccccc2-c2ccc(N(c3ccc4c(c3)-c3ccccc3-c3ccccc3O4)c3ccc4c(c3)-c3ccccc3-c3ccccc3C43c4ccccc4-c4cc5oc6ccccc6c5cc43)cc21. The summed E-state index contributed by atoms with van der Waals surface area (Å²) in [7, 11) is 0. The minimum Gasteiger partial charge on any atom is -0.456 e. The molecule has 3 nitrogen and oxygen atoms in total. The Bertz CT molecular complexity index is 4360. The summed E-state index contributed by atoms with van der Waals surface area (Å²) in [6.45, 7) is 4.74. The maximum absolute atomic E-state index is 6.84. The van der Waals surface area contributed by atoms with Crippen molar-refractivity contribution in [3.63, 3.8) is 0 Å². The lowest BCUT2D eigenvalue weighted by Crippen LogP contribution is -2.29. The van der Waals surface area contributed by atoms with Crippen molar-refractivity contribution in [2.75, 3.05) is 4.90 Å². The summed E-state index contributed by atoms with van der Waals surface area (Å²) in [6.07, 6.45) is 0. The summed E-state index contributed by atoms with van der Waals surface area (Å²) in [6, 6.07) is 87.6. The summed E-state index contributed by atoms with van der Waals surface area (Å²) >= 11 is 0. The number of nitrogens with zero attached hydrogens (tertiary/aromatic N) is 1. The summed E-state index contributed by atoms with van der Waals surface area (Å²) in [5, 5.41) is 2.25. The van der Waals surface area contributed by atoms with Gasteiger partial charge in [-0.3, -0.25) is 0 Å². The molecule has 1 atom stereocenters. The summed E-state index contributed by atoms with van der Waals surface area (Å²) in [5.74, 6) is 1.69. The van der Waals surface area contributed by atoms with Gasteiger partial charge in [-0.15, -0.1) is 0 Å². The zero-order valence-corrected chi connectivity index (χ0v) is 40.3. The van der Waals surface area contributed by atoms with E-state index < -0.39 is 5.41 Å². The van der Waals surface area contributed by atoms with Crippen LogP contribution < -0.4 is 9.64 Å². The molecule has 342 valence electrons. The van der Waals surface area contributed by atoms with E-state index in [1.807, 2.05) is 0 Å². The standard InChI is InChI=1S/C70H45NO2/c1-69(2)59-26-12-7-22-50(59)52-34-31-44(39-63(52)69)71(43-33-36-67-57(38-43)48-20-6-4-18-46(48)53-24-10-15-29-65(53)72-67)42-32-35-62-55(37-42)47-19-5-3-17-45(47)49-21-8-13-27-60(49)70(62)61-28-14-9-23-51(61)56-41-68-58(40-64(56)70)54-25-11-16-30-66(54)73-68/h3-41H,1-2H3. The van der Waals surface area contributed by atoms with E-state index in [0.717, 1.165) is 72.8 Å². The fraction of sp³-hybridized carbons (Fsp3) is 0.0571. The van der Waals surface area contributed by atoms with Gasteiger partial charge in [0, 0.05) is 44.4 Å². The van der Waals surface area contributed by atoms with E-state index in [4.69, 9.17) is 9.15 Å². The van der Waals surface area contributed by atoms with E-state index in [9.17, 15) is 0 Å². The number of anilines is 3. The predicted molar refractivity (Wildman–Crippen MR) is 299 cm³/mol. The van der Waals surface area contributed by atoms with Crippen LogP contribution in [0.5, 0.6) is 11.5 Å². The van der Waals surface area contributed by atoms with Gasteiger partial charge in [0.15, 0.2) is 0 Å². The minimum absolute atomic E-state index is 0.195. The van der Waals surface area contributed by atoms with Gasteiger partial charge < -0.3 is 14.1 Å². The average Bonchev–Trinajstić information content (AvgIpc) is 3.96. The van der Waals surface area contributed by atoms with Gasteiger partial charge in [-0.2, -0.15) is 0 Å². The Morgan fingerprint density at radius 2 is 0.753 bits per heavy atom. The van der Waals surface area contributed by atoms with Crippen molar-refractivity contribution in [2.45, 2.75) is 24.7 Å². The molecule has 0 saturated heterocycles. The van der Waals surface area contributed by atoms with E-state index in [2.05, 4.69) is 255 Å². The minimum atomic E-state index is -0.670. The first-order valence-corrected chi connectivity index (χ1v) is 25.4. The maximum atomic E-state index is 6.84. The number of ether oxygens (including phenoxy) is 1. The van der Waals surface area contributed by atoms with E-state index in [1.165, 1.54) is 77.9 Å². The third-order valence-electron chi connectivity index (χ3n) is 16.7. The van der Waals surface area contributed by atoms with Crippen LogP contribution in [0, 0.1) is 0 Å². The third-order valence-corrected chi connectivity index (χ3v) is 16.7. The topological polar surface area (TPSA) is 25.6 Å². The Kier molecular flexibility index (Phi) is 8.16. The van der Waals surface area contributed by atoms with Gasteiger partial charge >= 0.3 is 0 Å². The lowest BCUT2D eigenvalue weighted by atomic mass is 9.65. The molecule has 0 bridgehead atoms.